The van der Waals surface area contributed by atoms with Gasteiger partial charge in [-0.25, -0.2) is 9.37 Å². The van der Waals surface area contributed by atoms with Gasteiger partial charge >= 0.3 is 0 Å². The third-order valence-electron chi connectivity index (χ3n) is 4.25. The quantitative estimate of drug-likeness (QED) is 0.282. The molecule has 2 heterocycles. The molecule has 8 heteroatoms. The third-order valence-corrected chi connectivity index (χ3v) is 5.11. The molecule has 0 aliphatic rings. The Kier molecular flexibility index (Phi) is 7.99. The normalized spacial score (nSPS) is 11.8. The van der Waals surface area contributed by atoms with Crippen molar-refractivity contribution < 1.29 is 8.81 Å². The molecule has 0 amide bonds. The van der Waals surface area contributed by atoms with Gasteiger partial charge in [0.1, 0.15) is 12.1 Å². The molecule has 0 atom stereocenters. The van der Waals surface area contributed by atoms with E-state index in [0.717, 1.165) is 16.1 Å². The molecule has 0 aliphatic heterocycles. The Morgan fingerprint density at radius 1 is 1.25 bits per heavy atom. The van der Waals surface area contributed by atoms with E-state index in [1.54, 1.807) is 36.8 Å². The van der Waals surface area contributed by atoms with Crippen LogP contribution in [0.2, 0.25) is 0 Å². The number of benzene rings is 1. The molecule has 0 radical (unpaired) electrons. The summed E-state index contributed by atoms with van der Waals surface area (Å²) in [5.41, 5.74) is 1.48. The number of hydrogen-bond acceptors (Lipinski definition) is 4. The number of guanidine groups is 1. The summed E-state index contributed by atoms with van der Waals surface area (Å²) in [6.45, 7) is 5.23. The molecule has 28 heavy (non-hydrogen) atoms. The first-order valence-corrected chi connectivity index (χ1v) is 9.55. The molecule has 3 rings (SSSR count). The SMILES string of the molecule is CN=C(NCc1coc(-c2cccs2)n1)NCC(C)(C)c1cccc(F)c1.I. The van der Waals surface area contributed by atoms with Crippen LogP contribution in [0.4, 0.5) is 4.39 Å². The highest BCUT2D eigenvalue weighted by Gasteiger charge is 2.21. The summed E-state index contributed by atoms with van der Waals surface area (Å²) in [5, 5.41) is 8.51. The van der Waals surface area contributed by atoms with Crippen LogP contribution in [0.5, 0.6) is 0 Å². The monoisotopic (exact) mass is 514 g/mol. The lowest BCUT2D eigenvalue weighted by Gasteiger charge is -2.26. The van der Waals surface area contributed by atoms with E-state index in [1.807, 2.05) is 23.6 Å². The molecule has 0 aliphatic carbocycles. The molecule has 0 spiro atoms. The molecule has 2 N–H and O–H groups in total. The first-order valence-electron chi connectivity index (χ1n) is 8.67. The van der Waals surface area contributed by atoms with Crippen molar-refractivity contribution >= 4 is 41.3 Å². The van der Waals surface area contributed by atoms with Gasteiger partial charge in [-0.05, 0) is 29.1 Å². The molecule has 2 aromatic heterocycles. The van der Waals surface area contributed by atoms with E-state index in [0.29, 0.717) is 24.9 Å². The van der Waals surface area contributed by atoms with Gasteiger partial charge in [0.05, 0.1) is 17.1 Å². The van der Waals surface area contributed by atoms with Gasteiger partial charge in [-0.15, -0.1) is 35.3 Å². The smallest absolute Gasteiger partial charge is 0.236 e. The molecular weight excluding hydrogens is 490 g/mol. The number of aromatic nitrogens is 1. The summed E-state index contributed by atoms with van der Waals surface area (Å²) < 4.78 is 19.0. The predicted molar refractivity (Wildman–Crippen MR) is 123 cm³/mol. The van der Waals surface area contributed by atoms with Crippen molar-refractivity contribution in [1.82, 2.24) is 15.6 Å². The van der Waals surface area contributed by atoms with E-state index < -0.39 is 0 Å². The zero-order chi connectivity index (χ0) is 19.3. The van der Waals surface area contributed by atoms with Crippen molar-refractivity contribution in [3.05, 3.63) is 65.1 Å². The number of oxazole rings is 1. The molecule has 0 unspecified atom stereocenters. The highest BCUT2D eigenvalue weighted by Crippen LogP contribution is 2.24. The second kappa shape index (κ2) is 10.0. The molecule has 0 bridgehead atoms. The van der Waals surface area contributed by atoms with Crippen molar-refractivity contribution in [3.8, 4) is 10.8 Å². The van der Waals surface area contributed by atoms with E-state index in [4.69, 9.17) is 4.42 Å². The largest absolute Gasteiger partial charge is 0.443 e. The number of rotatable bonds is 6. The van der Waals surface area contributed by atoms with Crippen molar-refractivity contribution in [2.24, 2.45) is 4.99 Å². The zero-order valence-corrected chi connectivity index (χ0v) is 19.2. The van der Waals surface area contributed by atoms with Crippen molar-refractivity contribution in [2.45, 2.75) is 25.8 Å². The average molecular weight is 514 g/mol. The summed E-state index contributed by atoms with van der Waals surface area (Å²) >= 11 is 1.59. The van der Waals surface area contributed by atoms with Crippen molar-refractivity contribution in [2.75, 3.05) is 13.6 Å². The lowest BCUT2D eigenvalue weighted by Crippen LogP contribution is -2.43. The molecule has 3 aromatic rings. The fourth-order valence-corrected chi connectivity index (χ4v) is 3.27. The van der Waals surface area contributed by atoms with Gasteiger partial charge < -0.3 is 15.1 Å². The van der Waals surface area contributed by atoms with Crippen molar-refractivity contribution in [1.29, 1.82) is 0 Å². The average Bonchev–Trinajstić information content (AvgIpc) is 3.33. The number of nitrogens with zero attached hydrogens (tertiary/aromatic N) is 2. The maximum Gasteiger partial charge on any atom is 0.236 e. The Bertz CT molecular complexity index is 909. The molecule has 5 nitrogen and oxygen atoms in total. The van der Waals surface area contributed by atoms with E-state index >= 15 is 0 Å². The van der Waals surface area contributed by atoms with Gasteiger partial charge in [0.15, 0.2) is 5.96 Å². The fourth-order valence-electron chi connectivity index (χ4n) is 2.61. The standard InChI is InChI=1S/C20H23FN4OS.HI/c1-20(2,14-6-4-7-15(21)10-14)13-24-19(22-3)23-11-16-12-26-18(25-16)17-8-5-9-27-17;/h4-10,12H,11,13H2,1-3H3,(H2,22,23,24);1H. The lowest BCUT2D eigenvalue weighted by molar-refractivity contribution is 0.503. The van der Waals surface area contributed by atoms with Crippen LogP contribution < -0.4 is 10.6 Å². The summed E-state index contributed by atoms with van der Waals surface area (Å²) in [6.07, 6.45) is 1.64. The maximum absolute atomic E-state index is 13.5. The highest BCUT2D eigenvalue weighted by molar-refractivity contribution is 14.0. The van der Waals surface area contributed by atoms with Crippen LogP contribution >= 0.6 is 35.3 Å². The molecule has 0 saturated carbocycles. The van der Waals surface area contributed by atoms with Gasteiger partial charge in [0.2, 0.25) is 5.89 Å². The summed E-state index contributed by atoms with van der Waals surface area (Å²) in [6, 6.07) is 10.6. The second-order valence-electron chi connectivity index (χ2n) is 6.79. The number of hydrogen-bond donors (Lipinski definition) is 2. The van der Waals surface area contributed by atoms with Crippen LogP contribution in [0.15, 0.2) is 57.5 Å². The van der Waals surface area contributed by atoms with Gasteiger partial charge in [-0.2, -0.15) is 0 Å². The van der Waals surface area contributed by atoms with Gasteiger partial charge in [-0.3, -0.25) is 4.99 Å². The lowest BCUT2D eigenvalue weighted by atomic mass is 9.84. The Hall–Kier alpha value is -1.94. The number of nitrogens with one attached hydrogen (secondary N) is 2. The zero-order valence-electron chi connectivity index (χ0n) is 16.0. The Balaban J connectivity index is 0.00000280. The molecule has 150 valence electrons. The van der Waals surface area contributed by atoms with Crippen LogP contribution in [0.1, 0.15) is 25.1 Å². The van der Waals surface area contributed by atoms with E-state index in [9.17, 15) is 4.39 Å². The third kappa shape index (κ3) is 5.78. The van der Waals surface area contributed by atoms with Crippen LogP contribution in [0, 0.1) is 5.82 Å². The Morgan fingerprint density at radius 3 is 2.75 bits per heavy atom. The number of halogens is 2. The first kappa shape index (κ1) is 22.4. The topological polar surface area (TPSA) is 62.5 Å². The van der Waals surface area contributed by atoms with Crippen LogP contribution in [-0.2, 0) is 12.0 Å². The minimum atomic E-state index is -0.250. The van der Waals surface area contributed by atoms with Crippen LogP contribution in [0.3, 0.4) is 0 Å². The van der Waals surface area contributed by atoms with Gasteiger partial charge in [-0.1, -0.05) is 32.0 Å². The summed E-state index contributed by atoms with van der Waals surface area (Å²) in [5.74, 6) is 1.05. The van der Waals surface area contributed by atoms with E-state index in [1.165, 1.54) is 6.07 Å². The minimum absolute atomic E-state index is 0. The second-order valence-corrected chi connectivity index (χ2v) is 7.74. The summed E-state index contributed by atoms with van der Waals surface area (Å²) in [7, 11) is 1.71. The van der Waals surface area contributed by atoms with Crippen LogP contribution in [0.25, 0.3) is 10.8 Å². The van der Waals surface area contributed by atoms with Gasteiger partial charge in [0, 0.05) is 19.0 Å². The molecule has 0 fully saturated rings. The Labute approximate surface area is 185 Å². The van der Waals surface area contributed by atoms with Crippen LogP contribution in [-0.4, -0.2) is 24.5 Å². The Morgan fingerprint density at radius 2 is 2.07 bits per heavy atom. The van der Waals surface area contributed by atoms with Crippen molar-refractivity contribution in [3.63, 3.8) is 0 Å². The highest BCUT2D eigenvalue weighted by atomic mass is 127. The minimum Gasteiger partial charge on any atom is -0.443 e. The molecule has 0 saturated heterocycles. The van der Waals surface area contributed by atoms with E-state index in [2.05, 4.69) is 34.5 Å². The van der Waals surface area contributed by atoms with Gasteiger partial charge in [0.25, 0.3) is 0 Å². The summed E-state index contributed by atoms with van der Waals surface area (Å²) in [4.78, 5) is 9.72. The molecular formula is C20H24FIN4OS. The number of thiophene rings is 1. The first-order chi connectivity index (χ1) is 13.0. The number of aliphatic imine (C=N–C) groups is 1. The van der Waals surface area contributed by atoms with E-state index in [-0.39, 0.29) is 35.2 Å². The maximum atomic E-state index is 13.5. The predicted octanol–water partition coefficient (Wildman–Crippen LogP) is 4.80. The fraction of sp³-hybridized carbons (Fsp3) is 0.300. The molecule has 1 aromatic carbocycles.